The monoisotopic (exact) mass is 261 g/mol. The molecule has 1 aromatic heterocycles. The molecule has 0 fully saturated rings. The molecule has 0 unspecified atom stereocenters. The van der Waals surface area contributed by atoms with Gasteiger partial charge in [0, 0.05) is 5.38 Å². The Labute approximate surface area is 108 Å². The van der Waals surface area contributed by atoms with E-state index in [-0.39, 0.29) is 11.5 Å². The third-order valence-corrected chi connectivity index (χ3v) is 3.20. The van der Waals surface area contributed by atoms with Crippen molar-refractivity contribution in [3.63, 3.8) is 0 Å². The van der Waals surface area contributed by atoms with E-state index in [4.69, 9.17) is 5.11 Å². The fraction of sp³-hybridized carbons (Fsp3) is 0.0769. The number of benzene rings is 1. The lowest BCUT2D eigenvalue weighted by atomic mass is 10.1. The summed E-state index contributed by atoms with van der Waals surface area (Å²) in [5.41, 5.74) is 1.59. The second kappa shape index (κ2) is 5.01. The van der Waals surface area contributed by atoms with Crippen LogP contribution in [0.2, 0.25) is 0 Å². The van der Waals surface area contributed by atoms with E-state index in [0.29, 0.717) is 16.8 Å². The van der Waals surface area contributed by atoms with Gasteiger partial charge in [0.1, 0.15) is 0 Å². The van der Waals surface area contributed by atoms with Crippen molar-refractivity contribution in [3.05, 3.63) is 51.7 Å². The summed E-state index contributed by atoms with van der Waals surface area (Å²) in [6.07, 6.45) is 0. The number of anilines is 1. The maximum Gasteiger partial charge on any atom is 0.338 e. The average Bonchev–Trinajstić information content (AvgIpc) is 2.81. The van der Waals surface area contributed by atoms with Gasteiger partial charge in [-0.15, -0.1) is 0 Å². The van der Waals surface area contributed by atoms with E-state index >= 15 is 0 Å². The summed E-state index contributed by atoms with van der Waals surface area (Å²) in [5.74, 6) is -1.35. The first-order valence-electron chi connectivity index (χ1n) is 5.26. The van der Waals surface area contributed by atoms with Crippen molar-refractivity contribution in [2.75, 3.05) is 5.32 Å². The topological polar surface area (TPSA) is 66.4 Å². The SMILES string of the molecule is Cc1cccc(NC(=O)c2ccsc2)c1C(=O)O. The van der Waals surface area contributed by atoms with Crippen LogP contribution in [0.5, 0.6) is 0 Å². The van der Waals surface area contributed by atoms with Gasteiger partial charge < -0.3 is 10.4 Å². The number of amides is 1. The Hall–Kier alpha value is -2.14. The largest absolute Gasteiger partial charge is 0.478 e. The van der Waals surface area contributed by atoms with Crippen LogP contribution >= 0.6 is 11.3 Å². The van der Waals surface area contributed by atoms with E-state index in [2.05, 4.69) is 5.32 Å². The zero-order valence-electron chi connectivity index (χ0n) is 9.64. The molecule has 0 atom stereocenters. The Morgan fingerprint density at radius 3 is 2.67 bits per heavy atom. The molecule has 4 nitrogen and oxygen atoms in total. The number of carbonyl (C=O) groups is 2. The van der Waals surface area contributed by atoms with Crippen LogP contribution in [-0.4, -0.2) is 17.0 Å². The molecule has 2 aromatic rings. The van der Waals surface area contributed by atoms with Crippen molar-refractivity contribution in [2.24, 2.45) is 0 Å². The molecule has 0 aliphatic carbocycles. The molecule has 92 valence electrons. The van der Waals surface area contributed by atoms with Crippen LogP contribution in [0.1, 0.15) is 26.3 Å². The van der Waals surface area contributed by atoms with E-state index in [1.807, 2.05) is 0 Å². The summed E-state index contributed by atoms with van der Waals surface area (Å²) < 4.78 is 0. The lowest BCUT2D eigenvalue weighted by molar-refractivity contribution is 0.0697. The van der Waals surface area contributed by atoms with Crippen molar-refractivity contribution in [3.8, 4) is 0 Å². The Balaban J connectivity index is 2.32. The van der Waals surface area contributed by atoms with Gasteiger partial charge in [-0.05, 0) is 30.0 Å². The van der Waals surface area contributed by atoms with E-state index in [1.165, 1.54) is 11.3 Å². The molecule has 0 saturated carbocycles. The smallest absolute Gasteiger partial charge is 0.338 e. The van der Waals surface area contributed by atoms with Crippen molar-refractivity contribution in [1.82, 2.24) is 0 Å². The Kier molecular flexibility index (Phi) is 3.43. The van der Waals surface area contributed by atoms with E-state index in [0.717, 1.165) is 0 Å². The number of rotatable bonds is 3. The second-order valence-electron chi connectivity index (χ2n) is 3.77. The first-order valence-corrected chi connectivity index (χ1v) is 6.20. The van der Waals surface area contributed by atoms with Crippen molar-refractivity contribution < 1.29 is 14.7 Å². The standard InChI is InChI=1S/C13H11NO3S/c1-8-3-2-4-10(11(8)13(16)17)14-12(15)9-5-6-18-7-9/h2-7H,1H3,(H,14,15)(H,16,17). The zero-order chi connectivity index (χ0) is 13.1. The maximum atomic E-state index is 11.9. The fourth-order valence-corrected chi connectivity index (χ4v) is 2.28. The number of carboxylic acid groups (broad SMARTS) is 1. The van der Waals surface area contributed by atoms with Gasteiger partial charge in [-0.1, -0.05) is 12.1 Å². The van der Waals surface area contributed by atoms with Gasteiger partial charge in [0.25, 0.3) is 5.91 Å². The lowest BCUT2D eigenvalue weighted by Gasteiger charge is -2.09. The molecular weight excluding hydrogens is 250 g/mol. The van der Waals surface area contributed by atoms with E-state index < -0.39 is 5.97 Å². The molecular formula is C13H11NO3S. The molecule has 1 heterocycles. The third-order valence-electron chi connectivity index (χ3n) is 2.52. The van der Waals surface area contributed by atoms with Gasteiger partial charge in [-0.2, -0.15) is 11.3 Å². The summed E-state index contributed by atoms with van der Waals surface area (Å²) in [6, 6.07) is 6.69. The normalized spacial score (nSPS) is 10.1. The molecule has 0 aliphatic rings. The minimum absolute atomic E-state index is 0.126. The molecule has 1 amide bonds. The van der Waals surface area contributed by atoms with Crippen LogP contribution in [0.4, 0.5) is 5.69 Å². The third kappa shape index (κ3) is 2.41. The molecule has 1 aromatic carbocycles. The van der Waals surface area contributed by atoms with E-state index in [1.54, 1.807) is 41.9 Å². The van der Waals surface area contributed by atoms with Crippen molar-refractivity contribution in [2.45, 2.75) is 6.92 Å². The highest BCUT2D eigenvalue weighted by Gasteiger charge is 2.15. The first-order chi connectivity index (χ1) is 8.59. The summed E-state index contributed by atoms with van der Waals surface area (Å²) in [4.78, 5) is 23.0. The lowest BCUT2D eigenvalue weighted by Crippen LogP contribution is -2.14. The summed E-state index contributed by atoms with van der Waals surface area (Å²) >= 11 is 1.41. The van der Waals surface area contributed by atoms with Crippen LogP contribution < -0.4 is 5.32 Å². The van der Waals surface area contributed by atoms with Gasteiger partial charge in [0.2, 0.25) is 0 Å². The molecule has 2 N–H and O–H groups in total. The Morgan fingerprint density at radius 1 is 1.28 bits per heavy atom. The molecule has 0 saturated heterocycles. The quantitative estimate of drug-likeness (QED) is 0.892. The number of carboxylic acids is 1. The van der Waals surface area contributed by atoms with Crippen molar-refractivity contribution >= 4 is 28.9 Å². The predicted octanol–water partition coefficient (Wildman–Crippen LogP) is 3.01. The maximum absolute atomic E-state index is 11.9. The highest BCUT2D eigenvalue weighted by atomic mass is 32.1. The number of aryl methyl sites for hydroxylation is 1. The molecule has 0 spiro atoms. The van der Waals surface area contributed by atoms with Crippen LogP contribution in [0, 0.1) is 6.92 Å². The summed E-state index contributed by atoms with van der Waals surface area (Å²) in [6.45, 7) is 1.70. The molecule has 2 rings (SSSR count). The highest BCUT2D eigenvalue weighted by molar-refractivity contribution is 7.08. The van der Waals surface area contributed by atoms with Crippen LogP contribution in [0.3, 0.4) is 0 Å². The molecule has 0 radical (unpaired) electrons. The molecule has 0 bridgehead atoms. The van der Waals surface area contributed by atoms with E-state index in [9.17, 15) is 9.59 Å². The number of nitrogens with one attached hydrogen (secondary N) is 1. The van der Waals surface area contributed by atoms with Gasteiger partial charge in [-0.3, -0.25) is 4.79 Å². The number of carbonyl (C=O) groups excluding carboxylic acids is 1. The summed E-state index contributed by atoms with van der Waals surface area (Å²) in [5, 5.41) is 15.3. The fourth-order valence-electron chi connectivity index (χ4n) is 1.64. The molecule has 5 heteroatoms. The number of hydrogen-bond acceptors (Lipinski definition) is 3. The minimum atomic E-state index is -1.05. The van der Waals surface area contributed by atoms with Crippen LogP contribution in [0.25, 0.3) is 0 Å². The predicted molar refractivity (Wildman–Crippen MR) is 70.4 cm³/mol. The molecule has 0 aliphatic heterocycles. The zero-order valence-corrected chi connectivity index (χ0v) is 10.5. The van der Waals surface area contributed by atoms with Gasteiger partial charge in [-0.25, -0.2) is 4.79 Å². The van der Waals surface area contributed by atoms with Gasteiger partial charge in [0.05, 0.1) is 16.8 Å². The van der Waals surface area contributed by atoms with Crippen molar-refractivity contribution in [1.29, 1.82) is 0 Å². The number of thiophene rings is 1. The Bertz CT molecular complexity index is 590. The average molecular weight is 261 g/mol. The van der Waals surface area contributed by atoms with Gasteiger partial charge >= 0.3 is 5.97 Å². The van der Waals surface area contributed by atoms with Crippen LogP contribution in [0.15, 0.2) is 35.0 Å². The minimum Gasteiger partial charge on any atom is -0.478 e. The first kappa shape index (κ1) is 12.3. The van der Waals surface area contributed by atoms with Crippen LogP contribution in [-0.2, 0) is 0 Å². The number of hydrogen-bond donors (Lipinski definition) is 2. The highest BCUT2D eigenvalue weighted by Crippen LogP contribution is 2.20. The second-order valence-corrected chi connectivity index (χ2v) is 4.55. The summed E-state index contributed by atoms with van der Waals surface area (Å²) in [7, 11) is 0. The van der Waals surface area contributed by atoms with Gasteiger partial charge in [0.15, 0.2) is 0 Å². The number of aromatic carboxylic acids is 1. The Morgan fingerprint density at radius 2 is 2.06 bits per heavy atom. The molecule has 18 heavy (non-hydrogen) atoms.